The van der Waals surface area contributed by atoms with E-state index in [4.69, 9.17) is 16.9 Å². The molecule has 0 aliphatic heterocycles. The molecule has 13 heavy (non-hydrogen) atoms. The quantitative estimate of drug-likeness (QED) is 0.724. The van der Waals surface area contributed by atoms with Crippen LogP contribution < -0.4 is 5.56 Å². The number of thiophene rings is 1. The summed E-state index contributed by atoms with van der Waals surface area (Å²) in [6.45, 7) is 0. The van der Waals surface area contributed by atoms with Crippen molar-refractivity contribution in [2.45, 2.75) is 0 Å². The lowest BCUT2D eigenvalue weighted by molar-refractivity contribution is 1.33. The van der Waals surface area contributed by atoms with E-state index in [0.29, 0.717) is 14.7 Å². The zero-order valence-electron chi connectivity index (χ0n) is 6.30. The van der Waals surface area contributed by atoms with Crippen LogP contribution >= 0.6 is 22.9 Å². The van der Waals surface area contributed by atoms with Gasteiger partial charge in [-0.1, -0.05) is 11.6 Å². The molecule has 1 N–H and O–H groups in total. The fourth-order valence-electron chi connectivity index (χ4n) is 1.06. The zero-order valence-corrected chi connectivity index (χ0v) is 7.87. The molecule has 2 aromatic rings. The largest absolute Gasteiger partial charge is 0.313 e. The number of nitrogens with one attached hydrogen (secondary N) is 1. The molecule has 3 nitrogen and oxygen atoms in total. The Morgan fingerprint density at radius 2 is 2.31 bits per heavy atom. The van der Waals surface area contributed by atoms with E-state index in [2.05, 4.69) is 4.98 Å². The summed E-state index contributed by atoms with van der Waals surface area (Å²) >= 11 is 7.03. The van der Waals surface area contributed by atoms with Gasteiger partial charge in [-0.25, -0.2) is 0 Å². The lowest BCUT2D eigenvalue weighted by Gasteiger charge is -1.89. The standard InChI is InChI=1S/C8H3ClN2OS/c9-6-2-7(12)11-8-5(6)1-4(3-10)13-8/h1-2H,(H,11,12). The maximum Gasteiger partial charge on any atom is 0.250 e. The highest BCUT2D eigenvalue weighted by Gasteiger charge is 2.05. The average Bonchev–Trinajstić information content (AvgIpc) is 2.47. The molecule has 0 unspecified atom stereocenters. The minimum Gasteiger partial charge on any atom is -0.313 e. The Bertz CT molecular complexity index is 564. The molecule has 2 aromatic heterocycles. The van der Waals surface area contributed by atoms with Gasteiger partial charge in [-0.05, 0) is 6.07 Å². The smallest absolute Gasteiger partial charge is 0.250 e. The summed E-state index contributed by atoms with van der Waals surface area (Å²) in [7, 11) is 0. The van der Waals surface area contributed by atoms with Crippen LogP contribution in [0.4, 0.5) is 0 Å². The maximum atomic E-state index is 11.0. The molecular weight excluding hydrogens is 208 g/mol. The first kappa shape index (κ1) is 8.30. The van der Waals surface area contributed by atoms with E-state index in [1.54, 1.807) is 6.07 Å². The molecule has 0 amide bonds. The maximum absolute atomic E-state index is 11.0. The van der Waals surface area contributed by atoms with Crippen molar-refractivity contribution < 1.29 is 0 Å². The predicted molar refractivity (Wildman–Crippen MR) is 52.2 cm³/mol. The zero-order chi connectivity index (χ0) is 9.42. The summed E-state index contributed by atoms with van der Waals surface area (Å²) in [4.78, 5) is 14.8. The van der Waals surface area contributed by atoms with E-state index in [1.165, 1.54) is 17.4 Å². The molecule has 0 atom stereocenters. The van der Waals surface area contributed by atoms with Crippen molar-refractivity contribution in [1.29, 1.82) is 5.26 Å². The van der Waals surface area contributed by atoms with Crippen LogP contribution in [0.3, 0.4) is 0 Å². The van der Waals surface area contributed by atoms with E-state index in [9.17, 15) is 4.79 Å². The minimum atomic E-state index is -0.246. The third-order valence-electron chi connectivity index (χ3n) is 1.59. The van der Waals surface area contributed by atoms with E-state index >= 15 is 0 Å². The van der Waals surface area contributed by atoms with Gasteiger partial charge in [0.2, 0.25) is 0 Å². The van der Waals surface area contributed by atoms with Crippen LogP contribution in [0.5, 0.6) is 0 Å². The highest BCUT2D eigenvalue weighted by atomic mass is 35.5. The second-order valence-electron chi connectivity index (χ2n) is 2.45. The van der Waals surface area contributed by atoms with Gasteiger partial charge in [0.25, 0.3) is 5.56 Å². The molecule has 0 aliphatic rings. The third-order valence-corrected chi connectivity index (χ3v) is 2.86. The molecule has 0 saturated heterocycles. The Balaban J connectivity index is 2.92. The number of aromatic amines is 1. The Kier molecular flexibility index (Phi) is 1.83. The number of hydrogen-bond acceptors (Lipinski definition) is 3. The second kappa shape index (κ2) is 2.87. The summed E-state index contributed by atoms with van der Waals surface area (Å²) < 4.78 is 0. The lowest BCUT2D eigenvalue weighted by atomic mass is 10.3. The number of H-pyrrole nitrogens is 1. The summed E-state index contributed by atoms with van der Waals surface area (Å²) in [6.07, 6.45) is 0. The van der Waals surface area contributed by atoms with Gasteiger partial charge in [-0.15, -0.1) is 11.3 Å². The first-order chi connectivity index (χ1) is 6.20. The van der Waals surface area contributed by atoms with Gasteiger partial charge in [0.1, 0.15) is 15.8 Å². The molecule has 0 aromatic carbocycles. The number of fused-ring (bicyclic) bond motifs is 1. The molecule has 0 spiro atoms. The highest BCUT2D eigenvalue weighted by Crippen LogP contribution is 2.27. The van der Waals surface area contributed by atoms with Crippen molar-refractivity contribution in [2.75, 3.05) is 0 Å². The number of nitrogens with zero attached hydrogens (tertiary/aromatic N) is 1. The van der Waals surface area contributed by atoms with Crippen molar-refractivity contribution in [1.82, 2.24) is 4.98 Å². The normalized spacial score (nSPS) is 10.2. The number of aromatic nitrogens is 1. The monoisotopic (exact) mass is 210 g/mol. The molecule has 64 valence electrons. The van der Waals surface area contributed by atoms with Gasteiger partial charge < -0.3 is 4.98 Å². The summed E-state index contributed by atoms with van der Waals surface area (Å²) in [5.41, 5.74) is -0.246. The molecule has 5 heteroatoms. The van der Waals surface area contributed by atoms with Gasteiger partial charge in [0.15, 0.2) is 0 Å². The summed E-state index contributed by atoms with van der Waals surface area (Å²) in [5, 5.41) is 9.73. The Labute approximate surface area is 82.2 Å². The fraction of sp³-hybridized carbons (Fsp3) is 0. The fourth-order valence-corrected chi connectivity index (χ4v) is 2.23. The topological polar surface area (TPSA) is 56.6 Å². The minimum absolute atomic E-state index is 0.246. The van der Waals surface area contributed by atoms with Gasteiger partial charge in [0, 0.05) is 11.5 Å². The molecule has 0 bridgehead atoms. The van der Waals surface area contributed by atoms with Crippen molar-refractivity contribution in [2.24, 2.45) is 0 Å². The van der Waals surface area contributed by atoms with E-state index in [-0.39, 0.29) is 5.56 Å². The highest BCUT2D eigenvalue weighted by molar-refractivity contribution is 7.19. The third kappa shape index (κ3) is 1.32. The Hall–Kier alpha value is -1.31. The lowest BCUT2D eigenvalue weighted by Crippen LogP contribution is -2.01. The van der Waals surface area contributed by atoms with Crippen LogP contribution in [0.15, 0.2) is 16.9 Å². The summed E-state index contributed by atoms with van der Waals surface area (Å²) in [5.74, 6) is 0. The molecule has 0 aliphatic carbocycles. The van der Waals surface area contributed by atoms with E-state index in [1.807, 2.05) is 6.07 Å². The van der Waals surface area contributed by atoms with Crippen molar-refractivity contribution in [3.8, 4) is 6.07 Å². The SMILES string of the molecule is N#Cc1cc2c(Cl)cc(=O)[nH]c2s1. The van der Waals surface area contributed by atoms with Crippen molar-refractivity contribution in [3.63, 3.8) is 0 Å². The van der Waals surface area contributed by atoms with Gasteiger partial charge in [-0.3, -0.25) is 4.79 Å². The Morgan fingerprint density at radius 1 is 1.54 bits per heavy atom. The molecule has 2 rings (SSSR count). The van der Waals surface area contributed by atoms with Crippen LogP contribution in [0, 0.1) is 11.3 Å². The molecule has 0 saturated carbocycles. The number of pyridine rings is 1. The van der Waals surface area contributed by atoms with Gasteiger partial charge in [0.05, 0.1) is 5.02 Å². The average molecular weight is 211 g/mol. The molecular formula is C8H3ClN2OS. The van der Waals surface area contributed by atoms with E-state index in [0.717, 1.165) is 5.39 Å². The van der Waals surface area contributed by atoms with Crippen molar-refractivity contribution in [3.05, 3.63) is 32.4 Å². The predicted octanol–water partition coefficient (Wildman–Crippen LogP) is 2.11. The molecule has 0 radical (unpaired) electrons. The van der Waals surface area contributed by atoms with Gasteiger partial charge in [-0.2, -0.15) is 5.26 Å². The first-order valence-electron chi connectivity index (χ1n) is 3.43. The number of halogens is 1. The van der Waals surface area contributed by atoms with Crippen LogP contribution in [-0.2, 0) is 0 Å². The van der Waals surface area contributed by atoms with E-state index < -0.39 is 0 Å². The first-order valence-corrected chi connectivity index (χ1v) is 4.62. The number of rotatable bonds is 0. The summed E-state index contributed by atoms with van der Waals surface area (Å²) in [6, 6.07) is 4.97. The van der Waals surface area contributed by atoms with Crippen LogP contribution in [0.25, 0.3) is 10.2 Å². The number of hydrogen-bond donors (Lipinski definition) is 1. The second-order valence-corrected chi connectivity index (χ2v) is 3.91. The molecule has 2 heterocycles. The Morgan fingerprint density at radius 3 is 3.00 bits per heavy atom. The molecule has 0 fully saturated rings. The van der Waals surface area contributed by atoms with Crippen LogP contribution in [-0.4, -0.2) is 4.98 Å². The van der Waals surface area contributed by atoms with Gasteiger partial charge >= 0.3 is 0 Å². The number of nitriles is 1. The van der Waals surface area contributed by atoms with Crippen molar-refractivity contribution >= 4 is 33.2 Å². The van der Waals surface area contributed by atoms with Crippen LogP contribution in [0.1, 0.15) is 4.88 Å². The van der Waals surface area contributed by atoms with Crippen LogP contribution in [0.2, 0.25) is 5.02 Å².